The van der Waals surface area contributed by atoms with Gasteiger partial charge in [0.05, 0.1) is 11.1 Å². The van der Waals surface area contributed by atoms with Crippen LogP contribution in [0.4, 0.5) is 26.3 Å². The molecule has 246 valence electrons. The fourth-order valence-electron chi connectivity index (χ4n) is 5.02. The normalized spacial score (nSPS) is 11.6. The van der Waals surface area contributed by atoms with Gasteiger partial charge in [-0.15, -0.1) is 11.8 Å². The molecular formula is C38H28F6O3S. The topological polar surface area (TPSA) is 46.5 Å². The second-order valence-corrected chi connectivity index (χ2v) is 11.9. The molecule has 0 saturated heterocycles. The number of thioether (sulfide) groups is 1. The van der Waals surface area contributed by atoms with Crippen molar-refractivity contribution >= 4 is 23.3 Å². The lowest BCUT2D eigenvalue weighted by molar-refractivity contribution is -0.139. The molecule has 0 bridgehead atoms. The molecule has 5 aromatic rings. The fourth-order valence-corrected chi connectivity index (χ4v) is 5.89. The first kappa shape index (κ1) is 34.4. The minimum atomic E-state index is -4.42. The molecule has 1 N–H and O–H groups in total. The molecule has 0 radical (unpaired) electrons. The second kappa shape index (κ2) is 14.4. The van der Waals surface area contributed by atoms with E-state index in [1.807, 2.05) is 67.6 Å². The monoisotopic (exact) mass is 678 g/mol. The molecular weight excluding hydrogens is 650 g/mol. The molecule has 0 saturated carbocycles. The summed E-state index contributed by atoms with van der Waals surface area (Å²) >= 11 is 1.56. The number of ether oxygens (including phenoxy) is 1. The van der Waals surface area contributed by atoms with Gasteiger partial charge in [0, 0.05) is 10.6 Å². The summed E-state index contributed by atoms with van der Waals surface area (Å²) < 4.78 is 83.5. The molecule has 0 fully saturated rings. The average Bonchev–Trinajstić information content (AvgIpc) is 3.06. The Morgan fingerprint density at radius 1 is 0.667 bits per heavy atom. The third-order valence-electron chi connectivity index (χ3n) is 7.52. The highest BCUT2D eigenvalue weighted by Crippen LogP contribution is 2.35. The lowest BCUT2D eigenvalue weighted by Gasteiger charge is -2.13. The van der Waals surface area contributed by atoms with E-state index < -0.39 is 36.1 Å². The zero-order valence-electron chi connectivity index (χ0n) is 25.4. The largest absolute Gasteiger partial charge is 0.482 e. The Balaban J connectivity index is 1.41. The Labute approximate surface area is 277 Å². The SMILES string of the molecule is Cc1cc(SCC=C(c2ccc(-c3ccc(C(F)(F)F)cc3)cc2)c2ccc(-c3ccc(C(F)(F)F)cc3)cc2)ccc1OCC(=O)O. The van der Waals surface area contributed by atoms with Gasteiger partial charge >= 0.3 is 18.3 Å². The van der Waals surface area contributed by atoms with E-state index in [1.165, 1.54) is 24.3 Å². The first-order chi connectivity index (χ1) is 22.8. The maximum absolute atomic E-state index is 13.0. The van der Waals surface area contributed by atoms with Crippen LogP contribution in [0.2, 0.25) is 0 Å². The third kappa shape index (κ3) is 8.68. The van der Waals surface area contributed by atoms with Gasteiger partial charge in [-0.1, -0.05) is 78.9 Å². The van der Waals surface area contributed by atoms with Crippen LogP contribution in [-0.2, 0) is 17.1 Å². The summed E-state index contributed by atoms with van der Waals surface area (Å²) in [6.45, 7) is 1.40. The Hall–Kier alpha value is -4.96. The predicted octanol–water partition coefficient (Wildman–Crippen LogP) is 11.1. The van der Waals surface area contributed by atoms with E-state index in [0.29, 0.717) is 22.6 Å². The second-order valence-electron chi connectivity index (χ2n) is 10.8. The summed E-state index contributed by atoms with van der Waals surface area (Å²) in [5, 5.41) is 8.89. The van der Waals surface area contributed by atoms with Crippen molar-refractivity contribution in [2.75, 3.05) is 12.4 Å². The number of benzene rings is 5. The molecule has 0 unspecified atom stereocenters. The Morgan fingerprint density at radius 3 is 1.46 bits per heavy atom. The van der Waals surface area contributed by atoms with Gasteiger partial charge < -0.3 is 9.84 Å². The first-order valence-corrected chi connectivity index (χ1v) is 15.6. The summed E-state index contributed by atoms with van der Waals surface area (Å²) in [7, 11) is 0. The Kier molecular flexibility index (Phi) is 10.3. The molecule has 0 aromatic heterocycles. The quantitative estimate of drug-likeness (QED) is 0.118. The fraction of sp³-hybridized carbons (Fsp3) is 0.132. The summed E-state index contributed by atoms with van der Waals surface area (Å²) in [6, 6.07) is 30.4. The zero-order chi connectivity index (χ0) is 34.5. The third-order valence-corrected chi connectivity index (χ3v) is 8.44. The molecule has 5 aromatic carbocycles. The smallest absolute Gasteiger partial charge is 0.416 e. The summed E-state index contributed by atoms with van der Waals surface area (Å²) in [6.07, 6.45) is -6.79. The molecule has 48 heavy (non-hydrogen) atoms. The molecule has 0 amide bonds. The standard InChI is InChI=1S/C38H28F6O3S/c1-24-22-33(18-19-35(24)47-23-36(45)46)48-21-20-34(29-6-2-25(3-7-29)27-10-14-31(15-11-27)37(39,40)41)30-8-4-26(5-9-30)28-12-16-32(17-13-28)38(42,43)44/h2-20,22H,21,23H2,1H3,(H,45,46). The highest BCUT2D eigenvalue weighted by molar-refractivity contribution is 7.99. The maximum Gasteiger partial charge on any atom is 0.416 e. The highest BCUT2D eigenvalue weighted by Gasteiger charge is 2.30. The predicted molar refractivity (Wildman–Crippen MR) is 176 cm³/mol. The van der Waals surface area contributed by atoms with Crippen molar-refractivity contribution in [3.8, 4) is 28.0 Å². The lowest BCUT2D eigenvalue weighted by atomic mass is 9.93. The van der Waals surface area contributed by atoms with Crippen LogP contribution >= 0.6 is 11.8 Å². The molecule has 0 aliphatic carbocycles. The van der Waals surface area contributed by atoms with Gasteiger partial charge in [-0.2, -0.15) is 26.3 Å². The molecule has 0 heterocycles. The maximum atomic E-state index is 13.0. The van der Waals surface area contributed by atoms with Crippen molar-refractivity contribution in [1.29, 1.82) is 0 Å². The molecule has 0 aliphatic rings. The van der Waals surface area contributed by atoms with E-state index >= 15 is 0 Å². The van der Waals surface area contributed by atoms with Crippen molar-refractivity contribution in [2.45, 2.75) is 24.2 Å². The number of alkyl halides is 6. The molecule has 0 atom stereocenters. The van der Waals surface area contributed by atoms with Gasteiger partial charge in [0.2, 0.25) is 0 Å². The number of halogens is 6. The molecule has 0 aliphatic heterocycles. The van der Waals surface area contributed by atoms with Gasteiger partial charge in [-0.3, -0.25) is 0 Å². The minimum absolute atomic E-state index is 0.436. The number of hydrogen-bond acceptors (Lipinski definition) is 3. The summed E-state index contributed by atoms with van der Waals surface area (Å²) in [4.78, 5) is 11.8. The number of hydrogen-bond donors (Lipinski definition) is 1. The highest BCUT2D eigenvalue weighted by atomic mass is 32.2. The van der Waals surface area contributed by atoms with Crippen LogP contribution in [0.25, 0.3) is 27.8 Å². The van der Waals surface area contributed by atoms with Gasteiger partial charge in [-0.05, 0) is 93.9 Å². The zero-order valence-corrected chi connectivity index (χ0v) is 26.2. The van der Waals surface area contributed by atoms with Crippen LogP contribution < -0.4 is 4.74 Å². The Bertz CT molecular complexity index is 1790. The number of aryl methyl sites for hydroxylation is 1. The van der Waals surface area contributed by atoms with Gasteiger partial charge in [-0.25, -0.2) is 4.79 Å². The van der Waals surface area contributed by atoms with E-state index in [1.54, 1.807) is 17.8 Å². The van der Waals surface area contributed by atoms with Gasteiger partial charge in [0.1, 0.15) is 5.75 Å². The van der Waals surface area contributed by atoms with Crippen LogP contribution in [0.5, 0.6) is 5.75 Å². The van der Waals surface area contributed by atoms with Crippen molar-refractivity contribution in [3.05, 3.63) is 149 Å². The van der Waals surface area contributed by atoms with Crippen molar-refractivity contribution in [1.82, 2.24) is 0 Å². The van der Waals surface area contributed by atoms with Gasteiger partial charge in [0.15, 0.2) is 6.61 Å². The number of rotatable bonds is 10. The van der Waals surface area contributed by atoms with Crippen LogP contribution in [0.3, 0.4) is 0 Å². The van der Waals surface area contributed by atoms with E-state index in [2.05, 4.69) is 6.08 Å². The Morgan fingerprint density at radius 2 is 1.08 bits per heavy atom. The molecule has 0 spiro atoms. The van der Waals surface area contributed by atoms with Crippen molar-refractivity contribution in [3.63, 3.8) is 0 Å². The van der Waals surface area contributed by atoms with Crippen LogP contribution in [0, 0.1) is 6.92 Å². The van der Waals surface area contributed by atoms with Crippen LogP contribution in [-0.4, -0.2) is 23.4 Å². The lowest BCUT2D eigenvalue weighted by Crippen LogP contribution is -2.09. The van der Waals surface area contributed by atoms with Crippen molar-refractivity contribution in [2.24, 2.45) is 0 Å². The summed E-state index contributed by atoms with van der Waals surface area (Å²) in [5.41, 5.74) is 4.75. The van der Waals surface area contributed by atoms with Crippen LogP contribution in [0.1, 0.15) is 27.8 Å². The first-order valence-electron chi connectivity index (χ1n) is 14.6. The summed E-state index contributed by atoms with van der Waals surface area (Å²) in [5.74, 6) is -0.0182. The minimum Gasteiger partial charge on any atom is -0.482 e. The molecule has 10 heteroatoms. The van der Waals surface area contributed by atoms with E-state index in [-0.39, 0.29) is 0 Å². The van der Waals surface area contributed by atoms with Gasteiger partial charge in [0.25, 0.3) is 0 Å². The van der Waals surface area contributed by atoms with E-state index in [0.717, 1.165) is 62.6 Å². The average molecular weight is 679 g/mol. The number of carboxylic acids is 1. The van der Waals surface area contributed by atoms with E-state index in [4.69, 9.17) is 9.84 Å². The molecule has 5 rings (SSSR count). The number of carboxylic acid groups (broad SMARTS) is 1. The van der Waals surface area contributed by atoms with Crippen LogP contribution in [0.15, 0.2) is 126 Å². The molecule has 3 nitrogen and oxygen atoms in total. The number of carbonyl (C=O) groups is 1. The number of aliphatic carboxylic acids is 1. The van der Waals surface area contributed by atoms with Crippen molar-refractivity contribution < 1.29 is 41.0 Å². The van der Waals surface area contributed by atoms with E-state index in [9.17, 15) is 31.1 Å².